The molecule has 1 amide bonds. The number of fused-ring (bicyclic) bond motifs is 1. The second-order valence-electron chi connectivity index (χ2n) is 15.3. The number of hydrogen-bond donors (Lipinski definition) is 2. The van der Waals surface area contributed by atoms with Crippen LogP contribution in [0.25, 0.3) is 10.8 Å². The molecule has 1 atom stereocenters. The van der Waals surface area contributed by atoms with E-state index in [2.05, 4.69) is 53.9 Å². The maximum Gasteiger partial charge on any atom is 0.410 e. The summed E-state index contributed by atoms with van der Waals surface area (Å²) in [6, 6.07) is 16.1. The third-order valence-electron chi connectivity index (χ3n) is 9.07. The van der Waals surface area contributed by atoms with Crippen LogP contribution in [0, 0.1) is 0 Å². The summed E-state index contributed by atoms with van der Waals surface area (Å²) in [5, 5.41) is 5.71. The van der Waals surface area contributed by atoms with Crippen molar-refractivity contribution in [2.24, 2.45) is 0 Å². The number of methoxy groups -OCH3 is 1. The van der Waals surface area contributed by atoms with Gasteiger partial charge in [0.1, 0.15) is 18.0 Å². The highest BCUT2D eigenvalue weighted by Gasteiger charge is 2.38. The molecule has 3 aromatic rings. The highest BCUT2D eigenvalue weighted by atomic mass is 32.2. The summed E-state index contributed by atoms with van der Waals surface area (Å²) in [4.78, 5) is 16.5. The van der Waals surface area contributed by atoms with Crippen LogP contribution < -0.4 is 19.5 Å². The molecule has 0 radical (unpaired) electrons. The number of anilines is 2. The molecular weight excluding hydrogens is 657 g/mol. The van der Waals surface area contributed by atoms with Gasteiger partial charge in [0.25, 0.3) is 0 Å². The number of carbonyl (C=O) groups is 1. The zero-order valence-electron chi connectivity index (χ0n) is 30.9. The van der Waals surface area contributed by atoms with E-state index in [0.29, 0.717) is 49.8 Å². The van der Waals surface area contributed by atoms with Gasteiger partial charge in [0.15, 0.2) is 11.5 Å². The van der Waals surface area contributed by atoms with Gasteiger partial charge < -0.3 is 29.2 Å². The number of rotatable bonds is 10. The lowest BCUT2D eigenvalue weighted by atomic mass is 9.85. The van der Waals surface area contributed by atoms with Crippen LogP contribution in [-0.4, -0.2) is 89.2 Å². The van der Waals surface area contributed by atoms with Gasteiger partial charge in [0.2, 0.25) is 10.0 Å². The first-order chi connectivity index (χ1) is 23.5. The molecule has 12 heteroatoms. The predicted octanol–water partition coefficient (Wildman–Crippen LogP) is 6.91. The van der Waals surface area contributed by atoms with Crippen LogP contribution in [0.2, 0.25) is 0 Å². The van der Waals surface area contributed by atoms with Crippen molar-refractivity contribution in [1.82, 2.24) is 9.80 Å². The molecule has 11 nitrogen and oxygen atoms in total. The molecule has 2 aliphatic rings. The minimum atomic E-state index is -3.58. The zero-order chi connectivity index (χ0) is 36.3. The Labute approximate surface area is 297 Å². The first kappa shape index (κ1) is 37.5. The van der Waals surface area contributed by atoms with Gasteiger partial charge in [-0.15, -0.1) is 0 Å². The van der Waals surface area contributed by atoms with Gasteiger partial charge in [-0.2, -0.15) is 0 Å². The Morgan fingerprint density at radius 2 is 1.62 bits per heavy atom. The molecule has 2 saturated heterocycles. The molecule has 0 spiro atoms. The number of benzene rings is 3. The fraction of sp³-hybridized carbons (Fsp3) is 0.553. The topological polar surface area (TPSA) is 119 Å². The summed E-state index contributed by atoms with van der Waals surface area (Å²) in [7, 11) is -2.03. The van der Waals surface area contributed by atoms with Gasteiger partial charge in [-0.25, -0.2) is 13.2 Å². The van der Waals surface area contributed by atoms with Crippen LogP contribution >= 0.6 is 0 Å². The Morgan fingerprint density at radius 3 is 2.22 bits per heavy atom. The number of ether oxygens (including phenoxy) is 4. The number of hydrogen-bond acceptors (Lipinski definition) is 9. The van der Waals surface area contributed by atoms with Crippen molar-refractivity contribution in [1.29, 1.82) is 0 Å². The molecule has 3 aromatic carbocycles. The number of carbonyl (C=O) groups excluding carboxylic acids is 1. The van der Waals surface area contributed by atoms with Crippen LogP contribution in [-0.2, 0) is 30.6 Å². The maximum atomic E-state index is 12.5. The molecule has 50 heavy (non-hydrogen) atoms. The molecule has 274 valence electrons. The van der Waals surface area contributed by atoms with E-state index in [1.165, 1.54) is 0 Å². The summed E-state index contributed by atoms with van der Waals surface area (Å²) in [6.45, 7) is 16.5. The lowest BCUT2D eigenvalue weighted by Crippen LogP contribution is -2.50. The van der Waals surface area contributed by atoms with Crippen molar-refractivity contribution in [2.45, 2.75) is 77.5 Å². The van der Waals surface area contributed by atoms with Crippen molar-refractivity contribution in [2.75, 3.05) is 69.3 Å². The number of piperazine rings is 1. The SMILES string of the molecule is COc1c(NC2(c3ccc(OCCN4CCN(C(=O)OC(C)(C)C)CC4)c4ccccc34)CCCCO2)cc(C(C)(C)C)cc1NS(C)(=O)=O. The third kappa shape index (κ3) is 9.13. The van der Waals surface area contributed by atoms with Crippen LogP contribution in [0.5, 0.6) is 11.5 Å². The molecule has 2 N–H and O–H groups in total. The van der Waals surface area contributed by atoms with Gasteiger partial charge in [-0.05, 0) is 80.7 Å². The fourth-order valence-electron chi connectivity index (χ4n) is 6.56. The van der Waals surface area contributed by atoms with E-state index in [9.17, 15) is 13.2 Å². The standard InChI is InChI=1S/C38H54N4O7S/c1-36(2,3)27-25-31(34(46-7)32(26-27)40-50(8,44)45)39-38(17-11-12-23-48-38)30-15-16-33(29-14-10-9-13-28(29)30)47-24-22-41-18-20-42(21-19-41)35(43)49-37(4,5)6/h9-10,13-16,25-26,39-40H,11-12,17-24H2,1-8H3. The predicted molar refractivity (Wildman–Crippen MR) is 199 cm³/mol. The first-order valence-electron chi connectivity index (χ1n) is 17.5. The molecule has 2 heterocycles. The Balaban J connectivity index is 1.40. The monoisotopic (exact) mass is 710 g/mol. The highest BCUT2D eigenvalue weighted by Crippen LogP contribution is 2.46. The van der Waals surface area contributed by atoms with E-state index in [4.69, 9.17) is 18.9 Å². The number of amides is 1. The van der Waals surface area contributed by atoms with E-state index in [0.717, 1.165) is 66.4 Å². The molecule has 2 fully saturated rings. The minimum Gasteiger partial charge on any atom is -0.492 e. The maximum absolute atomic E-state index is 12.5. The molecule has 5 rings (SSSR count). The molecule has 2 aliphatic heterocycles. The smallest absolute Gasteiger partial charge is 0.410 e. The first-order valence-corrected chi connectivity index (χ1v) is 19.3. The molecule has 0 aliphatic carbocycles. The van der Waals surface area contributed by atoms with E-state index in [-0.39, 0.29) is 11.5 Å². The van der Waals surface area contributed by atoms with Gasteiger partial charge in [-0.3, -0.25) is 9.62 Å². The lowest BCUT2D eigenvalue weighted by molar-refractivity contribution is -0.0618. The second kappa shape index (κ2) is 14.9. The van der Waals surface area contributed by atoms with E-state index in [1.54, 1.807) is 12.0 Å². The largest absolute Gasteiger partial charge is 0.492 e. The van der Waals surface area contributed by atoms with Crippen LogP contribution in [0.4, 0.5) is 16.2 Å². The van der Waals surface area contributed by atoms with Crippen molar-refractivity contribution in [3.63, 3.8) is 0 Å². The Kier molecular flexibility index (Phi) is 11.1. The lowest BCUT2D eigenvalue weighted by Gasteiger charge is -2.40. The fourth-order valence-corrected chi connectivity index (χ4v) is 7.11. The number of nitrogens with one attached hydrogen (secondary N) is 2. The highest BCUT2D eigenvalue weighted by molar-refractivity contribution is 7.92. The number of sulfonamides is 1. The Hall–Kier alpha value is -3.74. The van der Waals surface area contributed by atoms with Crippen LogP contribution in [0.1, 0.15) is 71.9 Å². The average Bonchev–Trinajstić information content (AvgIpc) is 3.03. The quantitative estimate of drug-likeness (QED) is 0.231. The molecule has 0 bridgehead atoms. The molecule has 0 aromatic heterocycles. The summed E-state index contributed by atoms with van der Waals surface area (Å²) in [6.07, 6.45) is 3.45. The minimum absolute atomic E-state index is 0.263. The Morgan fingerprint density at radius 1 is 0.940 bits per heavy atom. The van der Waals surface area contributed by atoms with Gasteiger partial charge in [-0.1, -0.05) is 45.0 Å². The van der Waals surface area contributed by atoms with E-state index < -0.39 is 21.3 Å². The van der Waals surface area contributed by atoms with Crippen molar-refractivity contribution in [3.8, 4) is 11.5 Å². The molecule has 1 unspecified atom stereocenters. The summed E-state index contributed by atoms with van der Waals surface area (Å²) in [5.41, 5.74) is 1.24. The van der Waals surface area contributed by atoms with E-state index >= 15 is 0 Å². The third-order valence-corrected chi connectivity index (χ3v) is 9.66. The second-order valence-corrected chi connectivity index (χ2v) is 17.0. The van der Waals surface area contributed by atoms with E-state index in [1.807, 2.05) is 51.1 Å². The summed E-state index contributed by atoms with van der Waals surface area (Å²) < 4.78 is 51.9. The average molecular weight is 711 g/mol. The van der Waals surface area contributed by atoms with Gasteiger partial charge in [0, 0.05) is 50.3 Å². The van der Waals surface area contributed by atoms with Crippen molar-refractivity contribution in [3.05, 3.63) is 59.7 Å². The molecular formula is C38H54N4O7S. The van der Waals surface area contributed by atoms with Crippen LogP contribution in [0.15, 0.2) is 48.5 Å². The van der Waals surface area contributed by atoms with Crippen LogP contribution in [0.3, 0.4) is 0 Å². The zero-order valence-corrected chi connectivity index (χ0v) is 31.7. The summed E-state index contributed by atoms with van der Waals surface area (Å²) in [5.74, 6) is 1.18. The normalized spacial score (nSPS) is 19.2. The van der Waals surface area contributed by atoms with Gasteiger partial charge >= 0.3 is 6.09 Å². The van der Waals surface area contributed by atoms with Gasteiger partial charge in [0.05, 0.1) is 24.7 Å². The van der Waals surface area contributed by atoms with Crippen molar-refractivity contribution < 1.29 is 32.2 Å². The molecule has 0 saturated carbocycles. The van der Waals surface area contributed by atoms with Crippen molar-refractivity contribution >= 4 is 38.3 Å². The Bertz CT molecular complexity index is 1770. The number of nitrogens with zero attached hydrogens (tertiary/aromatic N) is 2. The summed E-state index contributed by atoms with van der Waals surface area (Å²) >= 11 is 0.